The first-order valence-corrected chi connectivity index (χ1v) is 8.28. The Kier molecular flexibility index (Phi) is 5.39. The molecule has 74 valence electrons. The first-order valence-electron chi connectivity index (χ1n) is 4.34. The molecule has 1 N–H and O–H groups in total. The Labute approximate surface area is 86.8 Å². The number of aliphatic hydroxyl groups excluding tert-OH is 1. The minimum Gasteiger partial charge on any atom is -0.386 e. The van der Waals surface area contributed by atoms with Gasteiger partial charge in [-0.2, -0.15) is 0 Å². The van der Waals surface area contributed by atoms with E-state index in [1.165, 1.54) is 0 Å². The maximum absolute atomic E-state index is 9.41. The van der Waals surface area contributed by atoms with E-state index in [9.17, 15) is 5.11 Å². The molecule has 0 fully saturated rings. The van der Waals surface area contributed by atoms with Crippen LogP contribution in [-0.4, -0.2) is 24.7 Å². The minimum absolute atomic E-state index is 0.483. The normalized spacial score (nSPS) is 16.5. The summed E-state index contributed by atoms with van der Waals surface area (Å²) >= 11 is 5.86. The number of aliphatic hydroxyl groups is 1. The molecule has 2 atom stereocenters. The SMILES string of the molecule is C/C=C/C(O)C(Cl)C#C[Si](C)(C)C. The lowest BCUT2D eigenvalue weighted by molar-refractivity contribution is 0.232. The topological polar surface area (TPSA) is 20.2 Å². The summed E-state index contributed by atoms with van der Waals surface area (Å²) in [5, 5.41) is 8.93. The van der Waals surface area contributed by atoms with E-state index in [0.717, 1.165) is 0 Å². The van der Waals surface area contributed by atoms with Crippen LogP contribution in [-0.2, 0) is 0 Å². The molecule has 0 saturated carbocycles. The van der Waals surface area contributed by atoms with Gasteiger partial charge in [-0.1, -0.05) is 37.7 Å². The molecule has 13 heavy (non-hydrogen) atoms. The minimum atomic E-state index is -1.37. The first kappa shape index (κ1) is 12.8. The summed E-state index contributed by atoms with van der Waals surface area (Å²) in [5.74, 6) is 2.88. The summed E-state index contributed by atoms with van der Waals surface area (Å²) in [4.78, 5) is 0. The van der Waals surface area contributed by atoms with Crippen LogP contribution in [0.25, 0.3) is 0 Å². The van der Waals surface area contributed by atoms with Crippen LogP contribution in [0.4, 0.5) is 0 Å². The Morgan fingerprint density at radius 2 is 1.92 bits per heavy atom. The van der Waals surface area contributed by atoms with E-state index < -0.39 is 19.6 Å². The van der Waals surface area contributed by atoms with Crippen molar-refractivity contribution in [3.05, 3.63) is 12.2 Å². The lowest BCUT2D eigenvalue weighted by atomic mass is 10.2. The van der Waals surface area contributed by atoms with E-state index in [4.69, 9.17) is 11.6 Å². The van der Waals surface area contributed by atoms with E-state index in [1.54, 1.807) is 12.2 Å². The van der Waals surface area contributed by atoms with Crippen LogP contribution in [0.3, 0.4) is 0 Å². The van der Waals surface area contributed by atoms with Crippen molar-refractivity contribution in [3.8, 4) is 11.5 Å². The Balaban J connectivity index is 4.26. The fraction of sp³-hybridized carbons (Fsp3) is 0.600. The first-order chi connectivity index (χ1) is 5.87. The average Bonchev–Trinajstić information content (AvgIpc) is 1.99. The number of hydrogen-bond acceptors (Lipinski definition) is 1. The van der Waals surface area contributed by atoms with Crippen molar-refractivity contribution >= 4 is 19.7 Å². The predicted octanol–water partition coefficient (Wildman–Crippen LogP) is 2.41. The number of hydrogen-bond donors (Lipinski definition) is 1. The molecular formula is C10H17ClOSi. The molecule has 0 rings (SSSR count). The second-order valence-corrected chi connectivity index (χ2v) is 9.16. The molecule has 0 aromatic heterocycles. The Hall–Kier alpha value is -0.233. The van der Waals surface area contributed by atoms with Gasteiger partial charge in [-0.3, -0.25) is 0 Å². The van der Waals surface area contributed by atoms with Gasteiger partial charge in [-0.25, -0.2) is 0 Å². The molecular weight excluding hydrogens is 200 g/mol. The zero-order valence-corrected chi connectivity index (χ0v) is 10.4. The van der Waals surface area contributed by atoms with E-state index in [2.05, 4.69) is 31.1 Å². The van der Waals surface area contributed by atoms with E-state index in [-0.39, 0.29) is 0 Å². The van der Waals surface area contributed by atoms with E-state index >= 15 is 0 Å². The molecule has 0 spiro atoms. The van der Waals surface area contributed by atoms with Gasteiger partial charge in [0.1, 0.15) is 13.5 Å². The zero-order valence-electron chi connectivity index (χ0n) is 8.63. The van der Waals surface area contributed by atoms with Crippen LogP contribution >= 0.6 is 11.6 Å². The van der Waals surface area contributed by atoms with Crippen LogP contribution < -0.4 is 0 Å². The highest BCUT2D eigenvalue weighted by molar-refractivity contribution is 6.83. The van der Waals surface area contributed by atoms with Crippen molar-refractivity contribution < 1.29 is 5.11 Å². The van der Waals surface area contributed by atoms with Crippen molar-refractivity contribution in [2.24, 2.45) is 0 Å². The molecule has 3 heteroatoms. The predicted molar refractivity (Wildman–Crippen MR) is 61.6 cm³/mol. The summed E-state index contributed by atoms with van der Waals surface area (Å²) in [6.07, 6.45) is 2.77. The van der Waals surface area contributed by atoms with Crippen molar-refractivity contribution in [2.75, 3.05) is 0 Å². The maximum atomic E-state index is 9.41. The molecule has 0 saturated heterocycles. The molecule has 0 aliphatic rings. The third kappa shape index (κ3) is 6.89. The average molecular weight is 217 g/mol. The second kappa shape index (κ2) is 5.49. The molecule has 0 bridgehead atoms. The van der Waals surface area contributed by atoms with Gasteiger partial charge in [-0.05, 0) is 6.92 Å². The zero-order chi connectivity index (χ0) is 10.5. The third-order valence-electron chi connectivity index (χ3n) is 1.27. The number of rotatable bonds is 2. The van der Waals surface area contributed by atoms with Crippen molar-refractivity contribution in [1.29, 1.82) is 0 Å². The molecule has 0 aromatic carbocycles. The van der Waals surface area contributed by atoms with Gasteiger partial charge < -0.3 is 5.11 Å². The van der Waals surface area contributed by atoms with E-state index in [1.807, 2.05) is 6.92 Å². The molecule has 0 aromatic rings. The number of allylic oxidation sites excluding steroid dienone is 1. The summed E-state index contributed by atoms with van der Waals surface area (Å²) in [5.41, 5.74) is 3.12. The second-order valence-electron chi connectivity index (χ2n) is 3.94. The quantitative estimate of drug-likeness (QED) is 0.325. The van der Waals surface area contributed by atoms with Crippen LogP contribution in [0.5, 0.6) is 0 Å². The highest BCUT2D eigenvalue weighted by Gasteiger charge is 2.12. The highest BCUT2D eigenvalue weighted by Crippen LogP contribution is 2.04. The maximum Gasteiger partial charge on any atom is 0.129 e. The van der Waals surface area contributed by atoms with Gasteiger partial charge in [0.15, 0.2) is 0 Å². The molecule has 0 aliphatic carbocycles. The van der Waals surface area contributed by atoms with Gasteiger partial charge in [0, 0.05) is 0 Å². The van der Waals surface area contributed by atoms with Crippen LogP contribution in [0, 0.1) is 11.5 Å². The van der Waals surface area contributed by atoms with Crippen molar-refractivity contribution in [2.45, 2.75) is 38.0 Å². The summed E-state index contributed by atoms with van der Waals surface area (Å²) < 4.78 is 0. The van der Waals surface area contributed by atoms with Crippen molar-refractivity contribution in [3.63, 3.8) is 0 Å². The van der Waals surface area contributed by atoms with Gasteiger partial charge >= 0.3 is 0 Å². The lowest BCUT2D eigenvalue weighted by Gasteiger charge is -2.08. The number of halogens is 1. The molecule has 0 heterocycles. The van der Waals surface area contributed by atoms with Crippen molar-refractivity contribution in [1.82, 2.24) is 0 Å². The standard InChI is InChI=1S/C10H17ClOSi/c1-5-6-10(12)9(11)7-8-13(2,3)4/h5-6,9-10,12H,1-4H3/b6-5+. The highest BCUT2D eigenvalue weighted by atomic mass is 35.5. The summed E-state index contributed by atoms with van der Waals surface area (Å²) in [6.45, 7) is 8.28. The van der Waals surface area contributed by atoms with Crippen LogP contribution in [0.2, 0.25) is 19.6 Å². The Morgan fingerprint density at radius 1 is 1.38 bits per heavy atom. The fourth-order valence-electron chi connectivity index (χ4n) is 0.666. The smallest absolute Gasteiger partial charge is 0.129 e. The third-order valence-corrected chi connectivity index (χ3v) is 2.54. The van der Waals surface area contributed by atoms with Crippen LogP contribution in [0.15, 0.2) is 12.2 Å². The Morgan fingerprint density at radius 3 is 2.31 bits per heavy atom. The largest absolute Gasteiger partial charge is 0.386 e. The van der Waals surface area contributed by atoms with Gasteiger partial charge in [0.05, 0.1) is 6.10 Å². The molecule has 0 amide bonds. The van der Waals surface area contributed by atoms with Crippen LogP contribution in [0.1, 0.15) is 6.92 Å². The Bertz CT molecular complexity index is 232. The summed E-state index contributed by atoms with van der Waals surface area (Å²) in [6, 6.07) is 0. The van der Waals surface area contributed by atoms with E-state index in [0.29, 0.717) is 0 Å². The summed E-state index contributed by atoms with van der Waals surface area (Å²) in [7, 11) is -1.37. The number of alkyl halides is 1. The van der Waals surface area contributed by atoms with Gasteiger partial charge in [0.25, 0.3) is 0 Å². The molecule has 0 aliphatic heterocycles. The molecule has 1 nitrogen and oxygen atoms in total. The lowest BCUT2D eigenvalue weighted by Crippen LogP contribution is -2.20. The molecule has 0 radical (unpaired) electrons. The molecule has 2 unspecified atom stereocenters. The fourth-order valence-corrected chi connectivity index (χ4v) is 1.48. The van der Waals surface area contributed by atoms with Gasteiger partial charge in [0.2, 0.25) is 0 Å². The van der Waals surface area contributed by atoms with Gasteiger partial charge in [-0.15, -0.1) is 17.1 Å². The monoisotopic (exact) mass is 216 g/mol.